The second-order valence-electron chi connectivity index (χ2n) is 1.75. The number of fused-ring (bicyclic) bond motifs is 1. The summed E-state index contributed by atoms with van der Waals surface area (Å²) in [5, 5.41) is 4.00. The summed E-state index contributed by atoms with van der Waals surface area (Å²) in [5.74, 6) is 0. The molecule has 0 radical (unpaired) electrons. The van der Waals surface area contributed by atoms with Gasteiger partial charge in [-0.15, -0.1) is 0 Å². The third-order valence-corrected chi connectivity index (χ3v) is 1.17. The summed E-state index contributed by atoms with van der Waals surface area (Å²) in [4.78, 5) is 4.02. The van der Waals surface area contributed by atoms with E-state index in [0.29, 0.717) is 0 Å². The molecule has 72 valence electrons. The molecule has 0 aliphatic rings. The molecule has 0 unspecified atom stereocenters. The van der Waals surface area contributed by atoms with Gasteiger partial charge in [0.25, 0.3) is 0 Å². The van der Waals surface area contributed by atoms with Crippen molar-refractivity contribution >= 4 is 5.65 Å². The molecule has 0 amide bonds. The Morgan fingerprint density at radius 2 is 1.77 bits per heavy atom. The highest BCUT2D eigenvalue weighted by atomic mass is 15.2. The van der Waals surface area contributed by atoms with Crippen molar-refractivity contribution in [2.24, 2.45) is 0 Å². The second-order valence-corrected chi connectivity index (χ2v) is 1.75. The summed E-state index contributed by atoms with van der Waals surface area (Å²) >= 11 is 0. The molecular formula is C10H17N3. The van der Waals surface area contributed by atoms with Gasteiger partial charge < -0.3 is 0 Å². The fourth-order valence-corrected chi connectivity index (χ4v) is 0.765. The Kier molecular flexibility index (Phi) is 6.51. The van der Waals surface area contributed by atoms with Crippen LogP contribution in [-0.4, -0.2) is 14.6 Å². The Balaban J connectivity index is 0.000000322. The van der Waals surface area contributed by atoms with E-state index < -0.39 is 0 Å². The van der Waals surface area contributed by atoms with Gasteiger partial charge in [-0.1, -0.05) is 27.7 Å². The first kappa shape index (κ1) is 11.6. The predicted molar refractivity (Wildman–Crippen MR) is 55.7 cm³/mol. The number of hydrogen-bond acceptors (Lipinski definition) is 2. The van der Waals surface area contributed by atoms with E-state index in [1.807, 2.05) is 46.0 Å². The summed E-state index contributed by atoms with van der Waals surface area (Å²) in [6.45, 7) is 8.00. The van der Waals surface area contributed by atoms with Crippen molar-refractivity contribution in [1.82, 2.24) is 14.6 Å². The Morgan fingerprint density at radius 1 is 1.08 bits per heavy atom. The van der Waals surface area contributed by atoms with Gasteiger partial charge in [0.15, 0.2) is 5.65 Å². The average Bonchev–Trinajstić information content (AvgIpc) is 2.71. The van der Waals surface area contributed by atoms with Crippen LogP contribution in [0.3, 0.4) is 0 Å². The number of hydrogen-bond donors (Lipinski definition) is 0. The van der Waals surface area contributed by atoms with Crippen LogP contribution in [0, 0.1) is 0 Å². The summed E-state index contributed by atoms with van der Waals surface area (Å²) < 4.78 is 1.72. The summed E-state index contributed by atoms with van der Waals surface area (Å²) in [6.07, 6.45) is 5.27. The van der Waals surface area contributed by atoms with Crippen LogP contribution >= 0.6 is 0 Å². The smallest absolute Gasteiger partial charge is 0.153 e. The van der Waals surface area contributed by atoms with E-state index in [1.54, 1.807) is 16.9 Å². The molecule has 2 heterocycles. The molecule has 0 atom stereocenters. The Bertz CT molecular complexity index is 284. The maximum Gasteiger partial charge on any atom is 0.153 e. The van der Waals surface area contributed by atoms with Crippen LogP contribution in [0.2, 0.25) is 0 Å². The van der Waals surface area contributed by atoms with Crippen LogP contribution in [0.5, 0.6) is 0 Å². The minimum absolute atomic E-state index is 0.887. The zero-order chi connectivity index (χ0) is 10.1. The lowest BCUT2D eigenvalue weighted by molar-refractivity contribution is 0.936. The minimum atomic E-state index is 0.887. The molecule has 0 spiro atoms. The zero-order valence-electron chi connectivity index (χ0n) is 8.73. The first-order valence-electron chi connectivity index (χ1n) is 4.71. The fraction of sp³-hybridized carbons (Fsp3) is 0.400. The van der Waals surface area contributed by atoms with Crippen molar-refractivity contribution in [2.45, 2.75) is 27.7 Å². The maximum absolute atomic E-state index is 4.02. The van der Waals surface area contributed by atoms with Crippen LogP contribution in [0.15, 0.2) is 30.7 Å². The summed E-state index contributed by atoms with van der Waals surface area (Å²) in [6, 6.07) is 3.77. The van der Waals surface area contributed by atoms with Gasteiger partial charge in [-0.05, 0) is 12.1 Å². The van der Waals surface area contributed by atoms with Crippen LogP contribution in [-0.2, 0) is 0 Å². The molecule has 3 heteroatoms. The monoisotopic (exact) mass is 179 g/mol. The highest BCUT2D eigenvalue weighted by Gasteiger charge is 1.86. The number of imidazole rings is 1. The van der Waals surface area contributed by atoms with E-state index in [4.69, 9.17) is 0 Å². The topological polar surface area (TPSA) is 30.2 Å². The second kappa shape index (κ2) is 7.28. The molecule has 2 rings (SSSR count). The molecule has 0 aliphatic carbocycles. The molecule has 0 aromatic carbocycles. The minimum Gasteiger partial charge on any atom is -0.236 e. The van der Waals surface area contributed by atoms with Crippen LogP contribution in [0.1, 0.15) is 27.7 Å². The summed E-state index contributed by atoms with van der Waals surface area (Å²) in [5.41, 5.74) is 0.887. The maximum atomic E-state index is 4.02. The van der Waals surface area contributed by atoms with Crippen LogP contribution < -0.4 is 0 Å². The molecule has 2 aromatic rings. The van der Waals surface area contributed by atoms with Gasteiger partial charge in [0.1, 0.15) is 0 Å². The van der Waals surface area contributed by atoms with Gasteiger partial charge in [0.05, 0.1) is 0 Å². The highest BCUT2D eigenvalue weighted by molar-refractivity contribution is 5.34. The molecule has 2 aromatic heterocycles. The van der Waals surface area contributed by atoms with E-state index in [1.165, 1.54) is 0 Å². The molecule has 3 nitrogen and oxygen atoms in total. The molecule has 0 N–H and O–H groups in total. The Labute approximate surface area is 79.4 Å². The molecular weight excluding hydrogens is 162 g/mol. The van der Waals surface area contributed by atoms with E-state index in [2.05, 4.69) is 10.1 Å². The molecule has 13 heavy (non-hydrogen) atoms. The van der Waals surface area contributed by atoms with Gasteiger partial charge in [0.2, 0.25) is 0 Å². The van der Waals surface area contributed by atoms with Crippen molar-refractivity contribution in [2.75, 3.05) is 0 Å². The molecule has 0 saturated heterocycles. The van der Waals surface area contributed by atoms with E-state index in [0.717, 1.165) is 5.65 Å². The molecule has 0 bridgehead atoms. The summed E-state index contributed by atoms with van der Waals surface area (Å²) in [7, 11) is 0. The zero-order valence-corrected chi connectivity index (χ0v) is 8.73. The standard InChI is InChI=1S/C6H5N3.2C2H6/c1-2-6-7-4-5-9(6)8-3-1;2*1-2/h1-5H;2*1-2H3. The lowest BCUT2D eigenvalue weighted by Crippen LogP contribution is -1.85. The van der Waals surface area contributed by atoms with E-state index in [-0.39, 0.29) is 0 Å². The van der Waals surface area contributed by atoms with Crippen LogP contribution in [0.25, 0.3) is 5.65 Å². The largest absolute Gasteiger partial charge is 0.236 e. The van der Waals surface area contributed by atoms with Crippen molar-refractivity contribution in [3.63, 3.8) is 0 Å². The SMILES string of the molecule is CC.CC.c1cnn2ccnc2c1. The average molecular weight is 179 g/mol. The van der Waals surface area contributed by atoms with Crippen molar-refractivity contribution in [3.8, 4) is 0 Å². The molecule has 0 aliphatic heterocycles. The van der Waals surface area contributed by atoms with Gasteiger partial charge in [0, 0.05) is 18.6 Å². The van der Waals surface area contributed by atoms with Gasteiger partial charge >= 0.3 is 0 Å². The predicted octanol–water partition coefficient (Wildman–Crippen LogP) is 2.78. The van der Waals surface area contributed by atoms with E-state index in [9.17, 15) is 0 Å². The lowest BCUT2D eigenvalue weighted by Gasteiger charge is -1.85. The van der Waals surface area contributed by atoms with Crippen molar-refractivity contribution < 1.29 is 0 Å². The lowest BCUT2D eigenvalue weighted by atomic mass is 10.6. The van der Waals surface area contributed by atoms with E-state index >= 15 is 0 Å². The number of aromatic nitrogens is 3. The first-order chi connectivity index (χ1) is 6.47. The van der Waals surface area contributed by atoms with Crippen molar-refractivity contribution in [3.05, 3.63) is 30.7 Å². The normalized spacial score (nSPS) is 8.00. The van der Waals surface area contributed by atoms with Crippen LogP contribution in [0.4, 0.5) is 0 Å². The Morgan fingerprint density at radius 3 is 2.38 bits per heavy atom. The number of rotatable bonds is 0. The Hall–Kier alpha value is -1.38. The first-order valence-corrected chi connectivity index (χ1v) is 4.71. The van der Waals surface area contributed by atoms with Gasteiger partial charge in [-0.25, -0.2) is 9.50 Å². The highest BCUT2D eigenvalue weighted by Crippen LogP contribution is 1.93. The number of nitrogens with zero attached hydrogens (tertiary/aromatic N) is 3. The third-order valence-electron chi connectivity index (χ3n) is 1.17. The molecule has 0 saturated carbocycles. The molecule has 0 fully saturated rings. The third kappa shape index (κ3) is 3.23. The van der Waals surface area contributed by atoms with Crippen molar-refractivity contribution in [1.29, 1.82) is 0 Å². The van der Waals surface area contributed by atoms with Gasteiger partial charge in [-0.2, -0.15) is 5.10 Å². The fourth-order valence-electron chi connectivity index (χ4n) is 0.765. The quantitative estimate of drug-likeness (QED) is 0.622. The van der Waals surface area contributed by atoms with Gasteiger partial charge in [-0.3, -0.25) is 0 Å².